The Kier molecular flexibility index (Phi) is 4.21. The summed E-state index contributed by atoms with van der Waals surface area (Å²) in [5.41, 5.74) is 7.09. The summed E-state index contributed by atoms with van der Waals surface area (Å²) >= 11 is 0. The number of nitrogens with two attached hydrogens (primary N) is 1. The predicted octanol–water partition coefficient (Wildman–Crippen LogP) is 2.67. The van der Waals surface area contributed by atoms with E-state index >= 15 is 0 Å². The van der Waals surface area contributed by atoms with Crippen molar-refractivity contribution in [1.29, 1.82) is 5.41 Å². The number of nitrogens with one attached hydrogen (secondary N) is 1. The lowest BCUT2D eigenvalue weighted by atomic mass is 10.1. The van der Waals surface area contributed by atoms with E-state index in [1.165, 1.54) is 4.90 Å². The van der Waals surface area contributed by atoms with Crippen LogP contribution in [0.5, 0.6) is 0 Å². The second kappa shape index (κ2) is 5.29. The maximum atomic E-state index is 12.4. The third kappa shape index (κ3) is 3.65. The number of alkyl halides is 3. The van der Waals surface area contributed by atoms with E-state index in [0.717, 1.165) is 0 Å². The van der Waals surface area contributed by atoms with Gasteiger partial charge in [-0.05, 0) is 37.6 Å². The Morgan fingerprint density at radius 2 is 2.00 bits per heavy atom. The molecule has 0 bridgehead atoms. The van der Waals surface area contributed by atoms with E-state index in [1.54, 1.807) is 32.0 Å². The molecule has 0 radical (unpaired) electrons. The van der Waals surface area contributed by atoms with Gasteiger partial charge in [0.2, 0.25) is 0 Å². The molecule has 0 atom stereocenters. The third-order valence-electron chi connectivity index (χ3n) is 2.62. The van der Waals surface area contributed by atoms with Crippen LogP contribution in [0.1, 0.15) is 18.1 Å². The Hall–Kier alpha value is -1.72. The van der Waals surface area contributed by atoms with Crippen LogP contribution in [0.15, 0.2) is 18.2 Å². The fourth-order valence-corrected chi connectivity index (χ4v) is 1.75. The van der Waals surface area contributed by atoms with Gasteiger partial charge in [0.25, 0.3) is 0 Å². The van der Waals surface area contributed by atoms with Crippen LogP contribution >= 0.6 is 0 Å². The zero-order chi connectivity index (χ0) is 13.9. The summed E-state index contributed by atoms with van der Waals surface area (Å²) in [6.45, 7) is 2.67. The minimum atomic E-state index is -4.23. The first-order valence-corrected chi connectivity index (χ1v) is 5.51. The number of rotatable bonds is 4. The summed E-state index contributed by atoms with van der Waals surface area (Å²) in [6, 6.07) is 4.75. The average molecular weight is 259 g/mol. The highest BCUT2D eigenvalue weighted by molar-refractivity contribution is 5.96. The van der Waals surface area contributed by atoms with Crippen molar-refractivity contribution in [2.45, 2.75) is 20.0 Å². The second-order valence-electron chi connectivity index (χ2n) is 4.04. The van der Waals surface area contributed by atoms with Gasteiger partial charge in [-0.2, -0.15) is 13.2 Å². The van der Waals surface area contributed by atoms with Crippen LogP contribution in [0, 0.1) is 12.3 Å². The number of nitrogens with zero attached hydrogens (tertiary/aromatic N) is 1. The van der Waals surface area contributed by atoms with Crippen LogP contribution in [-0.4, -0.2) is 25.1 Å². The summed E-state index contributed by atoms with van der Waals surface area (Å²) in [4.78, 5) is 1.23. The fraction of sp³-hybridized carbons (Fsp3) is 0.417. The molecule has 0 fully saturated rings. The lowest BCUT2D eigenvalue weighted by molar-refractivity contribution is -0.119. The van der Waals surface area contributed by atoms with E-state index in [-0.39, 0.29) is 12.4 Å². The molecule has 0 unspecified atom stereocenters. The summed E-state index contributed by atoms with van der Waals surface area (Å²) in [5.74, 6) is -0.0853. The van der Waals surface area contributed by atoms with Gasteiger partial charge in [0.05, 0.1) is 0 Å². The zero-order valence-electron chi connectivity index (χ0n) is 10.3. The molecular weight excluding hydrogens is 243 g/mol. The van der Waals surface area contributed by atoms with Crippen molar-refractivity contribution in [2.75, 3.05) is 18.0 Å². The monoisotopic (exact) mass is 259 g/mol. The minimum Gasteiger partial charge on any atom is -0.384 e. The van der Waals surface area contributed by atoms with Crippen molar-refractivity contribution < 1.29 is 13.2 Å². The van der Waals surface area contributed by atoms with Crippen LogP contribution < -0.4 is 10.6 Å². The third-order valence-corrected chi connectivity index (χ3v) is 2.62. The van der Waals surface area contributed by atoms with Crippen LogP contribution in [-0.2, 0) is 0 Å². The maximum Gasteiger partial charge on any atom is 0.405 e. The number of nitrogen functional groups attached to an aromatic ring is 1. The molecule has 3 nitrogen and oxygen atoms in total. The number of benzene rings is 1. The Balaban J connectivity index is 3.01. The highest BCUT2D eigenvalue weighted by Gasteiger charge is 2.30. The van der Waals surface area contributed by atoms with E-state index < -0.39 is 12.7 Å². The van der Waals surface area contributed by atoms with Gasteiger partial charge in [0.15, 0.2) is 0 Å². The molecule has 0 amide bonds. The highest BCUT2D eigenvalue weighted by Crippen LogP contribution is 2.23. The standard InChI is InChI=1S/C12H16F3N3/c1-3-18(7-12(13,14)15)9-4-5-10(11(16)17)8(2)6-9/h4-6H,3,7H2,1-2H3,(H3,16,17). The normalized spacial score (nSPS) is 11.4. The van der Waals surface area contributed by atoms with Crippen LogP contribution in [0.2, 0.25) is 0 Å². The van der Waals surface area contributed by atoms with E-state index in [4.69, 9.17) is 11.1 Å². The molecule has 0 aliphatic heterocycles. The Bertz CT molecular complexity index is 441. The Labute approximate surface area is 104 Å². The number of aryl methyl sites for hydroxylation is 1. The van der Waals surface area contributed by atoms with E-state index in [0.29, 0.717) is 16.8 Å². The van der Waals surface area contributed by atoms with Gasteiger partial charge >= 0.3 is 6.18 Å². The molecule has 100 valence electrons. The Morgan fingerprint density at radius 3 is 2.39 bits per heavy atom. The smallest absolute Gasteiger partial charge is 0.384 e. The molecule has 1 aromatic rings. The maximum absolute atomic E-state index is 12.4. The molecule has 3 N–H and O–H groups in total. The van der Waals surface area contributed by atoms with Gasteiger partial charge in [0, 0.05) is 17.8 Å². The number of halogens is 3. The van der Waals surface area contributed by atoms with Crippen LogP contribution in [0.3, 0.4) is 0 Å². The van der Waals surface area contributed by atoms with E-state index in [1.807, 2.05) is 0 Å². The number of amidine groups is 1. The summed E-state index contributed by atoms with van der Waals surface area (Å²) in [6.07, 6.45) is -4.23. The SMILES string of the molecule is CCN(CC(F)(F)F)c1ccc(C(=N)N)c(C)c1. The van der Waals surface area contributed by atoms with E-state index in [9.17, 15) is 13.2 Å². The van der Waals surface area contributed by atoms with Crippen molar-refractivity contribution in [3.8, 4) is 0 Å². The second-order valence-corrected chi connectivity index (χ2v) is 4.04. The first-order chi connectivity index (χ1) is 8.24. The van der Waals surface area contributed by atoms with E-state index in [2.05, 4.69) is 0 Å². The molecule has 0 heterocycles. The van der Waals surface area contributed by atoms with Gasteiger partial charge < -0.3 is 10.6 Å². The van der Waals surface area contributed by atoms with Crippen molar-refractivity contribution in [2.24, 2.45) is 5.73 Å². The molecule has 1 aromatic carbocycles. The molecule has 0 aliphatic rings. The summed E-state index contributed by atoms with van der Waals surface area (Å²) in [5, 5.41) is 7.33. The van der Waals surface area contributed by atoms with Crippen LogP contribution in [0.25, 0.3) is 0 Å². The van der Waals surface area contributed by atoms with Gasteiger partial charge in [0.1, 0.15) is 12.4 Å². The fourth-order valence-electron chi connectivity index (χ4n) is 1.75. The van der Waals surface area contributed by atoms with Gasteiger partial charge in [-0.1, -0.05) is 0 Å². The molecule has 1 rings (SSSR count). The Morgan fingerprint density at radius 1 is 1.39 bits per heavy atom. The lowest BCUT2D eigenvalue weighted by Crippen LogP contribution is -2.34. The van der Waals surface area contributed by atoms with Crippen molar-refractivity contribution >= 4 is 11.5 Å². The van der Waals surface area contributed by atoms with Crippen LogP contribution in [0.4, 0.5) is 18.9 Å². The number of hydrogen-bond donors (Lipinski definition) is 2. The molecule has 18 heavy (non-hydrogen) atoms. The lowest BCUT2D eigenvalue weighted by Gasteiger charge is -2.25. The van der Waals surface area contributed by atoms with Gasteiger partial charge in [-0.15, -0.1) is 0 Å². The topological polar surface area (TPSA) is 53.1 Å². The van der Waals surface area contributed by atoms with Gasteiger partial charge in [-0.25, -0.2) is 0 Å². The quantitative estimate of drug-likeness (QED) is 0.645. The first-order valence-electron chi connectivity index (χ1n) is 5.51. The van der Waals surface area contributed by atoms with Crippen molar-refractivity contribution in [1.82, 2.24) is 0 Å². The number of anilines is 1. The van der Waals surface area contributed by atoms with Crippen molar-refractivity contribution in [3.05, 3.63) is 29.3 Å². The summed E-state index contributed by atoms with van der Waals surface area (Å²) in [7, 11) is 0. The molecular formula is C12H16F3N3. The highest BCUT2D eigenvalue weighted by atomic mass is 19.4. The zero-order valence-corrected chi connectivity index (χ0v) is 10.3. The largest absolute Gasteiger partial charge is 0.405 e. The molecule has 0 saturated heterocycles. The van der Waals surface area contributed by atoms with Crippen molar-refractivity contribution in [3.63, 3.8) is 0 Å². The average Bonchev–Trinajstić information content (AvgIpc) is 2.24. The molecule has 0 aromatic heterocycles. The molecule has 0 aliphatic carbocycles. The van der Waals surface area contributed by atoms with Gasteiger partial charge in [-0.3, -0.25) is 5.41 Å². The molecule has 6 heteroatoms. The molecule has 0 saturated carbocycles. The minimum absolute atomic E-state index is 0.0853. The molecule has 0 spiro atoms. The summed E-state index contributed by atoms with van der Waals surface area (Å²) < 4.78 is 37.2. The predicted molar refractivity (Wildman–Crippen MR) is 66.1 cm³/mol. The first kappa shape index (κ1) is 14.3. The number of hydrogen-bond acceptors (Lipinski definition) is 2.